The predicted molar refractivity (Wildman–Crippen MR) is 103 cm³/mol. The van der Waals surface area contributed by atoms with Crippen molar-refractivity contribution in [3.8, 4) is 0 Å². The van der Waals surface area contributed by atoms with E-state index in [4.69, 9.17) is 0 Å². The van der Waals surface area contributed by atoms with Gasteiger partial charge in [-0.3, -0.25) is 24.6 Å². The van der Waals surface area contributed by atoms with Crippen LogP contribution in [-0.4, -0.2) is 32.3 Å². The highest BCUT2D eigenvalue weighted by atomic mass is 16.2. The first-order valence-corrected chi connectivity index (χ1v) is 8.93. The normalized spacial score (nSPS) is 11.9. The molecule has 0 bridgehead atoms. The quantitative estimate of drug-likeness (QED) is 0.668. The summed E-state index contributed by atoms with van der Waals surface area (Å²) in [7, 11) is 0. The van der Waals surface area contributed by atoms with Crippen molar-refractivity contribution in [2.45, 2.75) is 26.1 Å². The molecule has 6 nitrogen and oxygen atoms in total. The Labute approximate surface area is 159 Å². The molecule has 0 saturated carbocycles. The molecule has 0 aliphatic carbocycles. The largest absolute Gasteiger partial charge is 0.347 e. The van der Waals surface area contributed by atoms with Gasteiger partial charge in [0, 0.05) is 31.7 Å². The number of carbonyl (C=O) groups is 1. The number of hydrogen-bond acceptors (Lipinski definition) is 5. The molecule has 1 unspecified atom stereocenters. The van der Waals surface area contributed by atoms with Gasteiger partial charge in [0.15, 0.2) is 0 Å². The Balaban J connectivity index is 1.65. The molecule has 0 aliphatic rings. The van der Waals surface area contributed by atoms with Gasteiger partial charge < -0.3 is 5.32 Å². The van der Waals surface area contributed by atoms with Crippen LogP contribution >= 0.6 is 0 Å². The van der Waals surface area contributed by atoms with E-state index in [0.717, 1.165) is 17.1 Å². The second kappa shape index (κ2) is 9.54. The first-order chi connectivity index (χ1) is 13.2. The molecule has 1 amide bonds. The third kappa shape index (κ3) is 5.97. The van der Waals surface area contributed by atoms with Crippen LogP contribution in [0.3, 0.4) is 0 Å². The number of nitrogens with one attached hydrogen (secondary N) is 1. The highest BCUT2D eigenvalue weighted by Gasteiger charge is 2.16. The smallest absolute Gasteiger partial charge is 0.234 e. The van der Waals surface area contributed by atoms with Gasteiger partial charge in [-0.15, -0.1) is 0 Å². The Kier molecular flexibility index (Phi) is 6.60. The maximum Gasteiger partial charge on any atom is 0.234 e. The molecule has 0 aliphatic heterocycles. The number of amides is 1. The number of nitrogens with zero attached hydrogens (tertiary/aromatic N) is 4. The lowest BCUT2D eigenvalue weighted by Gasteiger charge is -2.22. The molecule has 0 spiro atoms. The first kappa shape index (κ1) is 18.7. The van der Waals surface area contributed by atoms with E-state index >= 15 is 0 Å². The van der Waals surface area contributed by atoms with Crippen molar-refractivity contribution in [3.63, 3.8) is 0 Å². The molecule has 0 radical (unpaired) electrons. The maximum absolute atomic E-state index is 12.6. The van der Waals surface area contributed by atoms with Crippen LogP contribution in [-0.2, 0) is 17.9 Å². The van der Waals surface area contributed by atoms with Gasteiger partial charge in [-0.2, -0.15) is 0 Å². The summed E-state index contributed by atoms with van der Waals surface area (Å²) >= 11 is 0. The SMILES string of the molecule is CC(NC(=O)CN(Cc1ccccn1)Cc1ccccn1)c1ccccn1. The summed E-state index contributed by atoms with van der Waals surface area (Å²) in [6, 6.07) is 17.1. The molecule has 0 saturated heterocycles. The summed E-state index contributed by atoms with van der Waals surface area (Å²) in [5, 5.41) is 3.01. The molecule has 1 N–H and O–H groups in total. The van der Waals surface area contributed by atoms with Crippen LogP contribution in [0.5, 0.6) is 0 Å². The van der Waals surface area contributed by atoms with Crippen LogP contribution in [0.25, 0.3) is 0 Å². The minimum atomic E-state index is -0.148. The lowest BCUT2D eigenvalue weighted by atomic mass is 10.2. The minimum absolute atomic E-state index is 0.0555. The third-order valence-corrected chi connectivity index (χ3v) is 4.10. The third-order valence-electron chi connectivity index (χ3n) is 4.10. The number of carbonyl (C=O) groups excluding carboxylic acids is 1. The standard InChI is InChI=1S/C21H23N5O/c1-17(20-10-4-7-13-24-20)25-21(27)16-26(14-18-8-2-5-11-22-18)15-19-9-3-6-12-23-19/h2-13,17H,14-16H2,1H3,(H,25,27). The highest BCUT2D eigenvalue weighted by molar-refractivity contribution is 5.78. The molecule has 6 heteroatoms. The van der Waals surface area contributed by atoms with E-state index in [9.17, 15) is 4.79 Å². The Morgan fingerprint density at radius 1 is 0.889 bits per heavy atom. The summed E-state index contributed by atoms with van der Waals surface area (Å²) in [5.74, 6) is -0.0555. The van der Waals surface area contributed by atoms with Crippen molar-refractivity contribution >= 4 is 5.91 Å². The molecule has 3 rings (SSSR count). The number of hydrogen-bond donors (Lipinski definition) is 1. The Bertz CT molecular complexity index is 785. The van der Waals surface area contributed by atoms with Crippen LogP contribution in [0.2, 0.25) is 0 Å². The van der Waals surface area contributed by atoms with Crippen LogP contribution in [0.15, 0.2) is 73.2 Å². The second-order valence-corrected chi connectivity index (χ2v) is 6.33. The lowest BCUT2D eigenvalue weighted by Crippen LogP contribution is -2.38. The fourth-order valence-corrected chi connectivity index (χ4v) is 2.81. The summed E-state index contributed by atoms with van der Waals surface area (Å²) in [6.07, 6.45) is 5.25. The van der Waals surface area contributed by atoms with Crippen molar-refractivity contribution in [1.82, 2.24) is 25.2 Å². The minimum Gasteiger partial charge on any atom is -0.347 e. The predicted octanol–water partition coefficient (Wildman–Crippen LogP) is 2.75. The molecular weight excluding hydrogens is 338 g/mol. The Morgan fingerprint density at radius 2 is 1.44 bits per heavy atom. The van der Waals surface area contributed by atoms with Gasteiger partial charge in [-0.1, -0.05) is 18.2 Å². The fraction of sp³-hybridized carbons (Fsp3) is 0.238. The van der Waals surface area contributed by atoms with E-state index in [2.05, 4.69) is 20.3 Å². The van der Waals surface area contributed by atoms with Gasteiger partial charge in [0.05, 0.1) is 29.7 Å². The van der Waals surface area contributed by atoms with Crippen molar-refractivity contribution in [2.24, 2.45) is 0 Å². The van der Waals surface area contributed by atoms with Crippen LogP contribution in [0, 0.1) is 0 Å². The summed E-state index contributed by atoms with van der Waals surface area (Å²) in [5.41, 5.74) is 2.67. The van der Waals surface area contributed by atoms with Crippen molar-refractivity contribution in [3.05, 3.63) is 90.3 Å². The van der Waals surface area contributed by atoms with Gasteiger partial charge in [0.25, 0.3) is 0 Å². The van der Waals surface area contributed by atoms with Gasteiger partial charge in [-0.25, -0.2) is 0 Å². The molecule has 3 aromatic rings. The topological polar surface area (TPSA) is 71.0 Å². The second-order valence-electron chi connectivity index (χ2n) is 6.33. The van der Waals surface area contributed by atoms with E-state index < -0.39 is 0 Å². The monoisotopic (exact) mass is 361 g/mol. The van der Waals surface area contributed by atoms with Crippen molar-refractivity contribution in [1.29, 1.82) is 0 Å². The van der Waals surface area contributed by atoms with E-state index in [1.54, 1.807) is 18.6 Å². The van der Waals surface area contributed by atoms with Crippen LogP contribution in [0.4, 0.5) is 0 Å². The Hall–Kier alpha value is -3.12. The zero-order chi connectivity index (χ0) is 18.9. The van der Waals surface area contributed by atoms with Crippen molar-refractivity contribution in [2.75, 3.05) is 6.54 Å². The van der Waals surface area contributed by atoms with E-state index in [0.29, 0.717) is 13.1 Å². The first-order valence-electron chi connectivity index (χ1n) is 8.93. The fourth-order valence-electron chi connectivity index (χ4n) is 2.81. The lowest BCUT2D eigenvalue weighted by molar-refractivity contribution is -0.123. The average Bonchev–Trinajstić information content (AvgIpc) is 2.70. The molecule has 3 heterocycles. The average molecular weight is 361 g/mol. The van der Waals surface area contributed by atoms with E-state index in [1.165, 1.54) is 0 Å². The van der Waals surface area contributed by atoms with Gasteiger partial charge >= 0.3 is 0 Å². The number of rotatable bonds is 8. The molecule has 3 aromatic heterocycles. The zero-order valence-electron chi connectivity index (χ0n) is 15.3. The Morgan fingerprint density at radius 3 is 1.93 bits per heavy atom. The summed E-state index contributed by atoms with van der Waals surface area (Å²) in [4.78, 5) is 27.7. The number of aromatic nitrogens is 3. The van der Waals surface area contributed by atoms with Gasteiger partial charge in [0.2, 0.25) is 5.91 Å². The van der Waals surface area contributed by atoms with Crippen LogP contribution in [0.1, 0.15) is 30.0 Å². The molecule has 138 valence electrons. The molecule has 1 atom stereocenters. The summed E-state index contributed by atoms with van der Waals surface area (Å²) in [6.45, 7) is 3.33. The highest BCUT2D eigenvalue weighted by Crippen LogP contribution is 2.10. The van der Waals surface area contributed by atoms with Crippen LogP contribution < -0.4 is 5.32 Å². The van der Waals surface area contributed by atoms with E-state index in [-0.39, 0.29) is 18.5 Å². The molecule has 27 heavy (non-hydrogen) atoms. The molecule has 0 fully saturated rings. The maximum atomic E-state index is 12.6. The zero-order valence-corrected chi connectivity index (χ0v) is 15.3. The summed E-state index contributed by atoms with van der Waals surface area (Å²) < 4.78 is 0. The van der Waals surface area contributed by atoms with Gasteiger partial charge in [0.1, 0.15) is 0 Å². The van der Waals surface area contributed by atoms with E-state index in [1.807, 2.05) is 66.4 Å². The van der Waals surface area contributed by atoms with Gasteiger partial charge in [-0.05, 0) is 43.3 Å². The van der Waals surface area contributed by atoms with Crippen molar-refractivity contribution < 1.29 is 4.79 Å². The molecule has 0 aromatic carbocycles. The number of pyridine rings is 3. The molecular formula is C21H23N5O.